The first-order chi connectivity index (χ1) is 12.9. The van der Waals surface area contributed by atoms with Crippen LogP contribution < -0.4 is 4.31 Å². The van der Waals surface area contributed by atoms with Gasteiger partial charge < -0.3 is 4.74 Å². The summed E-state index contributed by atoms with van der Waals surface area (Å²) >= 11 is 3.30. The Labute approximate surface area is 166 Å². The van der Waals surface area contributed by atoms with Crippen LogP contribution in [-0.4, -0.2) is 27.5 Å². The van der Waals surface area contributed by atoms with Crippen molar-refractivity contribution in [2.75, 3.05) is 17.5 Å². The summed E-state index contributed by atoms with van der Waals surface area (Å²) in [7, 11) is -3.94. The Bertz CT molecular complexity index is 1060. The molecule has 0 fully saturated rings. The van der Waals surface area contributed by atoms with Crippen molar-refractivity contribution in [2.45, 2.75) is 11.8 Å². The van der Waals surface area contributed by atoms with Crippen molar-refractivity contribution in [3.05, 3.63) is 71.2 Å². The number of nitrogens with zero attached hydrogens (tertiary/aromatic N) is 1. The standard InChI is InChI=1S/C20H18BrNO4S/c1-2-26-20(23)14-22(27(24,25)19-11-8-17(21)9-12-19)18-10-7-15-5-3-4-6-16(15)13-18/h3-13H,2,14H2,1H3. The van der Waals surface area contributed by atoms with E-state index >= 15 is 0 Å². The number of carbonyl (C=O) groups is 1. The van der Waals surface area contributed by atoms with Gasteiger partial charge in [0.25, 0.3) is 10.0 Å². The quantitative estimate of drug-likeness (QED) is 0.526. The number of halogens is 1. The summed E-state index contributed by atoms with van der Waals surface area (Å²) in [4.78, 5) is 12.2. The molecule has 0 aliphatic carbocycles. The lowest BCUT2D eigenvalue weighted by atomic mass is 10.1. The molecule has 140 valence electrons. The number of anilines is 1. The van der Waals surface area contributed by atoms with E-state index in [1.165, 1.54) is 12.1 Å². The van der Waals surface area contributed by atoms with Crippen LogP contribution in [0.25, 0.3) is 10.8 Å². The summed E-state index contributed by atoms with van der Waals surface area (Å²) in [5.41, 5.74) is 0.407. The van der Waals surface area contributed by atoms with Crippen LogP contribution in [0, 0.1) is 0 Å². The normalized spacial score (nSPS) is 11.3. The van der Waals surface area contributed by atoms with Gasteiger partial charge in [-0.05, 0) is 54.1 Å². The Balaban J connectivity index is 2.09. The average Bonchev–Trinajstić information content (AvgIpc) is 2.66. The van der Waals surface area contributed by atoms with Crippen LogP contribution in [-0.2, 0) is 19.6 Å². The van der Waals surface area contributed by atoms with E-state index in [0.29, 0.717) is 5.69 Å². The highest BCUT2D eigenvalue weighted by Crippen LogP contribution is 2.28. The Morgan fingerprint density at radius 1 is 1.00 bits per heavy atom. The van der Waals surface area contributed by atoms with Crippen LogP contribution in [0.3, 0.4) is 0 Å². The molecule has 3 rings (SSSR count). The molecule has 3 aromatic carbocycles. The molecule has 3 aromatic rings. The van der Waals surface area contributed by atoms with Gasteiger partial charge in [-0.15, -0.1) is 0 Å². The maximum absolute atomic E-state index is 13.2. The predicted octanol–water partition coefficient (Wildman–Crippen LogP) is 4.36. The SMILES string of the molecule is CCOC(=O)CN(c1ccc2ccccc2c1)S(=O)(=O)c1ccc(Br)cc1. The Hall–Kier alpha value is -2.38. The summed E-state index contributed by atoms with van der Waals surface area (Å²) in [5.74, 6) is -0.605. The fraction of sp³-hybridized carbons (Fsp3) is 0.150. The summed E-state index contributed by atoms with van der Waals surface area (Å²) in [6.07, 6.45) is 0. The molecule has 0 N–H and O–H groups in total. The predicted molar refractivity (Wildman–Crippen MR) is 109 cm³/mol. The van der Waals surface area contributed by atoms with E-state index in [4.69, 9.17) is 4.74 Å². The zero-order chi connectivity index (χ0) is 19.4. The molecule has 0 atom stereocenters. The van der Waals surface area contributed by atoms with Gasteiger partial charge in [-0.2, -0.15) is 0 Å². The first kappa shape index (κ1) is 19.4. The van der Waals surface area contributed by atoms with Crippen molar-refractivity contribution in [1.29, 1.82) is 0 Å². The minimum Gasteiger partial charge on any atom is -0.465 e. The highest BCUT2D eigenvalue weighted by molar-refractivity contribution is 9.10. The molecule has 0 radical (unpaired) electrons. The van der Waals surface area contributed by atoms with E-state index in [-0.39, 0.29) is 11.5 Å². The summed E-state index contributed by atoms with van der Waals surface area (Å²) in [5, 5.41) is 1.87. The summed E-state index contributed by atoms with van der Waals surface area (Å²) < 4.78 is 33.3. The third kappa shape index (κ3) is 4.31. The van der Waals surface area contributed by atoms with Crippen LogP contribution in [0.2, 0.25) is 0 Å². The van der Waals surface area contributed by atoms with E-state index < -0.39 is 22.5 Å². The smallest absolute Gasteiger partial charge is 0.326 e. The molecular weight excluding hydrogens is 430 g/mol. The molecule has 0 aliphatic heterocycles. The highest BCUT2D eigenvalue weighted by atomic mass is 79.9. The maximum atomic E-state index is 13.2. The van der Waals surface area contributed by atoms with Crippen LogP contribution in [0.1, 0.15) is 6.92 Å². The Kier molecular flexibility index (Phi) is 5.82. The second-order valence-electron chi connectivity index (χ2n) is 5.80. The fourth-order valence-electron chi connectivity index (χ4n) is 2.70. The molecule has 0 bridgehead atoms. The number of esters is 1. The van der Waals surface area contributed by atoms with E-state index in [1.54, 1.807) is 31.2 Å². The third-order valence-corrected chi connectivity index (χ3v) is 6.32. The fourth-order valence-corrected chi connectivity index (χ4v) is 4.37. The van der Waals surface area contributed by atoms with Crippen LogP contribution in [0.4, 0.5) is 5.69 Å². The zero-order valence-electron chi connectivity index (χ0n) is 14.6. The molecule has 0 amide bonds. The van der Waals surface area contributed by atoms with E-state index in [0.717, 1.165) is 19.6 Å². The topological polar surface area (TPSA) is 63.7 Å². The third-order valence-electron chi connectivity index (χ3n) is 4.00. The number of fused-ring (bicyclic) bond motifs is 1. The lowest BCUT2D eigenvalue weighted by Crippen LogP contribution is -2.36. The zero-order valence-corrected chi connectivity index (χ0v) is 17.0. The van der Waals surface area contributed by atoms with Gasteiger partial charge in [0.05, 0.1) is 17.2 Å². The van der Waals surface area contributed by atoms with Crippen molar-refractivity contribution in [3.8, 4) is 0 Å². The molecule has 0 saturated carbocycles. The van der Waals surface area contributed by atoms with Crippen molar-refractivity contribution in [2.24, 2.45) is 0 Å². The van der Waals surface area contributed by atoms with E-state index in [1.807, 2.05) is 30.3 Å². The average molecular weight is 448 g/mol. The van der Waals surface area contributed by atoms with Crippen molar-refractivity contribution < 1.29 is 17.9 Å². The van der Waals surface area contributed by atoms with Gasteiger partial charge >= 0.3 is 5.97 Å². The van der Waals surface area contributed by atoms with Gasteiger partial charge in [0.15, 0.2) is 0 Å². The number of benzene rings is 3. The number of hydrogen-bond acceptors (Lipinski definition) is 4. The Morgan fingerprint density at radius 2 is 1.67 bits per heavy atom. The first-order valence-corrected chi connectivity index (χ1v) is 10.6. The minimum atomic E-state index is -3.94. The first-order valence-electron chi connectivity index (χ1n) is 8.34. The van der Waals surface area contributed by atoms with Crippen LogP contribution in [0.5, 0.6) is 0 Å². The lowest BCUT2D eigenvalue weighted by molar-refractivity contribution is -0.141. The second kappa shape index (κ2) is 8.10. The number of rotatable bonds is 6. The molecule has 0 saturated heterocycles. The monoisotopic (exact) mass is 447 g/mol. The number of hydrogen-bond donors (Lipinski definition) is 0. The molecule has 27 heavy (non-hydrogen) atoms. The summed E-state index contributed by atoms with van der Waals surface area (Å²) in [6, 6.07) is 19.2. The number of ether oxygens (including phenoxy) is 1. The van der Waals surface area contributed by atoms with Gasteiger partial charge in [0.1, 0.15) is 6.54 Å². The molecule has 0 heterocycles. The number of carbonyl (C=O) groups excluding carboxylic acids is 1. The minimum absolute atomic E-state index is 0.100. The van der Waals surface area contributed by atoms with Crippen molar-refractivity contribution in [1.82, 2.24) is 0 Å². The van der Waals surface area contributed by atoms with Gasteiger partial charge in [-0.3, -0.25) is 9.10 Å². The summed E-state index contributed by atoms with van der Waals surface area (Å²) in [6.45, 7) is 1.47. The highest BCUT2D eigenvalue weighted by Gasteiger charge is 2.27. The largest absolute Gasteiger partial charge is 0.465 e. The molecule has 0 aromatic heterocycles. The van der Waals surface area contributed by atoms with Crippen LogP contribution >= 0.6 is 15.9 Å². The van der Waals surface area contributed by atoms with Gasteiger partial charge in [-0.25, -0.2) is 8.42 Å². The van der Waals surface area contributed by atoms with E-state index in [9.17, 15) is 13.2 Å². The molecule has 5 nitrogen and oxygen atoms in total. The van der Waals surface area contributed by atoms with Crippen LogP contribution in [0.15, 0.2) is 76.1 Å². The molecule has 7 heteroatoms. The maximum Gasteiger partial charge on any atom is 0.326 e. The molecule has 0 aliphatic rings. The Morgan fingerprint density at radius 3 is 2.33 bits per heavy atom. The molecule has 0 spiro atoms. The van der Waals surface area contributed by atoms with E-state index in [2.05, 4.69) is 15.9 Å². The number of sulfonamides is 1. The lowest BCUT2D eigenvalue weighted by Gasteiger charge is -2.24. The molecule has 0 unspecified atom stereocenters. The van der Waals surface area contributed by atoms with Gasteiger partial charge in [0, 0.05) is 4.47 Å². The van der Waals surface area contributed by atoms with Gasteiger partial charge in [-0.1, -0.05) is 46.3 Å². The van der Waals surface area contributed by atoms with Crippen molar-refractivity contribution in [3.63, 3.8) is 0 Å². The second-order valence-corrected chi connectivity index (χ2v) is 8.58. The van der Waals surface area contributed by atoms with Crippen molar-refractivity contribution >= 4 is 48.4 Å². The van der Waals surface area contributed by atoms with Gasteiger partial charge in [0.2, 0.25) is 0 Å². The molecular formula is C20H18BrNO4S.